The predicted molar refractivity (Wildman–Crippen MR) is 46.8 cm³/mol. The van der Waals surface area contributed by atoms with E-state index in [-0.39, 0.29) is 0 Å². The van der Waals surface area contributed by atoms with Crippen LogP contribution in [0.1, 0.15) is 11.4 Å². The summed E-state index contributed by atoms with van der Waals surface area (Å²) >= 11 is 0. The largest absolute Gasteiger partial charge is 0.250 e. The normalized spacial score (nSPS) is 10.5. The van der Waals surface area contributed by atoms with Gasteiger partial charge in [-0.1, -0.05) is 0 Å². The average Bonchev–Trinajstić information content (AvgIpc) is 2.07. The van der Waals surface area contributed by atoms with Crippen molar-refractivity contribution in [2.75, 3.05) is 0 Å². The molecule has 0 atom stereocenters. The monoisotopic (exact) mass is 159 g/mol. The molecule has 2 rings (SSSR count). The second kappa shape index (κ2) is 2.52. The van der Waals surface area contributed by atoms with E-state index in [1.165, 1.54) is 0 Å². The lowest BCUT2D eigenvalue weighted by atomic mass is 10.3. The number of rotatable bonds is 0. The van der Waals surface area contributed by atoms with E-state index in [4.69, 9.17) is 0 Å². The van der Waals surface area contributed by atoms with Crippen molar-refractivity contribution in [3.63, 3.8) is 0 Å². The van der Waals surface area contributed by atoms with Crippen LogP contribution in [-0.4, -0.2) is 15.0 Å². The van der Waals surface area contributed by atoms with E-state index < -0.39 is 0 Å². The Morgan fingerprint density at radius 3 is 2.75 bits per heavy atom. The molecule has 2 aromatic heterocycles. The van der Waals surface area contributed by atoms with Crippen LogP contribution in [0.25, 0.3) is 11.0 Å². The van der Waals surface area contributed by atoms with Gasteiger partial charge >= 0.3 is 0 Å². The van der Waals surface area contributed by atoms with Gasteiger partial charge in [0.25, 0.3) is 0 Å². The predicted octanol–water partition coefficient (Wildman–Crippen LogP) is 1.64. The zero-order valence-corrected chi connectivity index (χ0v) is 7.07. The molecule has 0 amide bonds. The Labute approximate surface area is 70.5 Å². The highest BCUT2D eigenvalue weighted by Crippen LogP contribution is 2.10. The maximum atomic E-state index is 4.35. The van der Waals surface area contributed by atoms with Gasteiger partial charge in [-0.05, 0) is 26.0 Å². The summed E-state index contributed by atoms with van der Waals surface area (Å²) in [6.07, 6.45) is 1.56. The third-order valence-electron chi connectivity index (χ3n) is 1.80. The summed E-state index contributed by atoms with van der Waals surface area (Å²) in [7, 11) is 0. The van der Waals surface area contributed by atoms with Crippen molar-refractivity contribution in [3.05, 3.63) is 29.8 Å². The molecule has 60 valence electrons. The van der Waals surface area contributed by atoms with Gasteiger partial charge in [-0.2, -0.15) is 0 Å². The summed E-state index contributed by atoms with van der Waals surface area (Å²) in [5.41, 5.74) is 3.75. The summed E-state index contributed by atoms with van der Waals surface area (Å²) in [5, 5.41) is 0. The van der Waals surface area contributed by atoms with Gasteiger partial charge in [0.2, 0.25) is 0 Å². The molecule has 0 aromatic carbocycles. The average molecular weight is 159 g/mol. The lowest BCUT2D eigenvalue weighted by molar-refractivity contribution is 1.11. The Morgan fingerprint density at radius 2 is 1.92 bits per heavy atom. The summed E-state index contributed by atoms with van der Waals surface area (Å²) < 4.78 is 0. The highest BCUT2D eigenvalue weighted by molar-refractivity contribution is 5.75. The second-order valence-electron chi connectivity index (χ2n) is 2.78. The van der Waals surface area contributed by atoms with Crippen LogP contribution in [0.5, 0.6) is 0 Å². The molecule has 0 fully saturated rings. The SMILES string of the molecule is Cc1ccc2ncnc(C)c2n1. The Bertz CT molecular complexity index is 423. The van der Waals surface area contributed by atoms with Crippen molar-refractivity contribution in [3.8, 4) is 0 Å². The number of aryl methyl sites for hydroxylation is 2. The van der Waals surface area contributed by atoms with E-state index in [1.54, 1.807) is 6.33 Å². The summed E-state index contributed by atoms with van der Waals surface area (Å²) in [5.74, 6) is 0. The zero-order valence-electron chi connectivity index (χ0n) is 7.07. The van der Waals surface area contributed by atoms with E-state index >= 15 is 0 Å². The van der Waals surface area contributed by atoms with Crippen molar-refractivity contribution in [1.82, 2.24) is 15.0 Å². The van der Waals surface area contributed by atoms with E-state index in [0.717, 1.165) is 22.4 Å². The third kappa shape index (κ3) is 1.03. The van der Waals surface area contributed by atoms with E-state index in [9.17, 15) is 0 Å². The highest BCUT2D eigenvalue weighted by Gasteiger charge is 1.99. The molecule has 3 nitrogen and oxygen atoms in total. The van der Waals surface area contributed by atoms with Gasteiger partial charge in [0, 0.05) is 5.69 Å². The number of pyridine rings is 1. The zero-order chi connectivity index (χ0) is 8.55. The van der Waals surface area contributed by atoms with Crippen molar-refractivity contribution in [2.24, 2.45) is 0 Å². The molecule has 0 saturated carbocycles. The Balaban J connectivity index is 2.88. The minimum Gasteiger partial charge on any atom is -0.250 e. The van der Waals surface area contributed by atoms with Crippen LogP contribution in [0.4, 0.5) is 0 Å². The molecule has 0 saturated heterocycles. The second-order valence-corrected chi connectivity index (χ2v) is 2.78. The third-order valence-corrected chi connectivity index (χ3v) is 1.80. The molecule has 0 aliphatic heterocycles. The maximum Gasteiger partial charge on any atom is 0.116 e. The fourth-order valence-electron chi connectivity index (χ4n) is 1.16. The first kappa shape index (κ1) is 7.16. The summed E-state index contributed by atoms with van der Waals surface area (Å²) in [4.78, 5) is 12.5. The van der Waals surface area contributed by atoms with Gasteiger partial charge in [-0.3, -0.25) is 0 Å². The fourth-order valence-corrected chi connectivity index (χ4v) is 1.16. The molecule has 12 heavy (non-hydrogen) atoms. The van der Waals surface area contributed by atoms with Gasteiger partial charge in [0.1, 0.15) is 11.8 Å². The van der Waals surface area contributed by atoms with Crippen LogP contribution in [0.15, 0.2) is 18.5 Å². The molecule has 0 spiro atoms. The molecule has 0 bridgehead atoms. The Hall–Kier alpha value is -1.51. The Morgan fingerprint density at radius 1 is 1.08 bits per heavy atom. The molecule has 0 N–H and O–H groups in total. The van der Waals surface area contributed by atoms with Crippen LogP contribution in [0.2, 0.25) is 0 Å². The van der Waals surface area contributed by atoms with Gasteiger partial charge < -0.3 is 0 Å². The molecule has 2 heterocycles. The van der Waals surface area contributed by atoms with E-state index in [0.29, 0.717) is 0 Å². The van der Waals surface area contributed by atoms with Crippen molar-refractivity contribution in [1.29, 1.82) is 0 Å². The number of hydrogen-bond acceptors (Lipinski definition) is 3. The van der Waals surface area contributed by atoms with Crippen LogP contribution in [0, 0.1) is 13.8 Å². The first-order valence-electron chi connectivity index (χ1n) is 3.82. The lowest BCUT2D eigenvalue weighted by Crippen LogP contribution is -1.91. The number of fused-ring (bicyclic) bond motifs is 1. The lowest BCUT2D eigenvalue weighted by Gasteiger charge is -1.99. The number of aromatic nitrogens is 3. The molecule has 0 radical (unpaired) electrons. The van der Waals surface area contributed by atoms with Crippen LogP contribution < -0.4 is 0 Å². The van der Waals surface area contributed by atoms with Crippen LogP contribution in [0.3, 0.4) is 0 Å². The molecule has 0 aliphatic carbocycles. The van der Waals surface area contributed by atoms with Gasteiger partial charge in [0.05, 0.1) is 11.2 Å². The molecular formula is C9H9N3. The fraction of sp³-hybridized carbons (Fsp3) is 0.222. The van der Waals surface area contributed by atoms with Crippen LogP contribution >= 0.6 is 0 Å². The maximum absolute atomic E-state index is 4.35. The molecule has 3 heteroatoms. The number of nitrogens with zero attached hydrogens (tertiary/aromatic N) is 3. The topological polar surface area (TPSA) is 38.7 Å². The smallest absolute Gasteiger partial charge is 0.116 e. The summed E-state index contributed by atoms with van der Waals surface area (Å²) in [6.45, 7) is 3.91. The molecular weight excluding hydrogens is 150 g/mol. The van der Waals surface area contributed by atoms with Gasteiger partial charge in [-0.25, -0.2) is 15.0 Å². The first-order valence-corrected chi connectivity index (χ1v) is 3.82. The highest BCUT2D eigenvalue weighted by atomic mass is 14.9. The van der Waals surface area contributed by atoms with E-state index in [1.807, 2.05) is 26.0 Å². The van der Waals surface area contributed by atoms with E-state index in [2.05, 4.69) is 15.0 Å². The van der Waals surface area contributed by atoms with Crippen molar-refractivity contribution in [2.45, 2.75) is 13.8 Å². The van der Waals surface area contributed by atoms with Gasteiger partial charge in [-0.15, -0.1) is 0 Å². The molecule has 0 unspecified atom stereocenters. The quantitative estimate of drug-likeness (QED) is 0.586. The molecule has 0 aliphatic rings. The first-order chi connectivity index (χ1) is 5.77. The number of hydrogen-bond donors (Lipinski definition) is 0. The van der Waals surface area contributed by atoms with Crippen molar-refractivity contribution >= 4 is 11.0 Å². The Kier molecular flexibility index (Phi) is 1.50. The minimum atomic E-state index is 0.900. The minimum absolute atomic E-state index is 0.900. The summed E-state index contributed by atoms with van der Waals surface area (Å²) in [6, 6.07) is 3.92. The van der Waals surface area contributed by atoms with Crippen molar-refractivity contribution < 1.29 is 0 Å². The van der Waals surface area contributed by atoms with Crippen LogP contribution in [-0.2, 0) is 0 Å². The van der Waals surface area contributed by atoms with Gasteiger partial charge in [0.15, 0.2) is 0 Å². The molecule has 2 aromatic rings. The standard InChI is InChI=1S/C9H9N3/c1-6-3-4-8-9(12-6)7(2)10-5-11-8/h3-5H,1-2H3.